The lowest BCUT2D eigenvalue weighted by Crippen LogP contribution is -2.33. The molecule has 0 amide bonds. The fourth-order valence-electron chi connectivity index (χ4n) is 3.13. The van der Waals surface area contributed by atoms with E-state index in [4.69, 9.17) is 19.3 Å². The second-order valence-electron chi connectivity index (χ2n) is 12.2. The number of ketones is 1. The number of aliphatic hydroxyl groups excluding tert-OH is 1. The van der Waals surface area contributed by atoms with Crippen molar-refractivity contribution in [3.05, 3.63) is 0 Å². The third kappa shape index (κ3) is 29.7. The van der Waals surface area contributed by atoms with Crippen molar-refractivity contribution in [3.8, 4) is 0 Å². The standard InChI is InChI=1S/C16H35NO4.C13H26O2/c1-15(2,3)20-13-8-6-7-9-16(4,19)21-14-11-17(5)10-12-18;1-11(2)12(14)9-7-6-8-10-15-13(3,4)5/h18-19H,6-14H2,1-5H3;11H,6-10H2,1-5H3. The summed E-state index contributed by atoms with van der Waals surface area (Å²) in [5.74, 6) is -0.493. The van der Waals surface area contributed by atoms with E-state index in [2.05, 4.69) is 41.5 Å². The zero-order valence-electron chi connectivity index (χ0n) is 25.5. The number of aliphatic hydroxyl groups is 2. The summed E-state index contributed by atoms with van der Waals surface area (Å²) in [7, 11) is 1.92. The number of carbonyl (C=O) groups is 1. The van der Waals surface area contributed by atoms with Gasteiger partial charge in [-0.1, -0.05) is 26.7 Å². The summed E-state index contributed by atoms with van der Waals surface area (Å²) in [5.41, 5.74) is -0.108. The van der Waals surface area contributed by atoms with Crippen molar-refractivity contribution in [2.24, 2.45) is 5.92 Å². The van der Waals surface area contributed by atoms with E-state index in [1.165, 1.54) is 0 Å². The third-order valence-electron chi connectivity index (χ3n) is 5.43. The van der Waals surface area contributed by atoms with Gasteiger partial charge < -0.3 is 29.3 Å². The Morgan fingerprint density at radius 2 is 1.25 bits per heavy atom. The fraction of sp³-hybridized carbons (Fsp3) is 0.966. The molecule has 0 fully saturated rings. The van der Waals surface area contributed by atoms with Crippen molar-refractivity contribution in [1.82, 2.24) is 4.90 Å². The van der Waals surface area contributed by atoms with Crippen LogP contribution in [-0.4, -0.2) is 84.5 Å². The number of rotatable bonds is 19. The van der Waals surface area contributed by atoms with Crippen LogP contribution in [0.2, 0.25) is 0 Å². The minimum Gasteiger partial charge on any atom is -0.395 e. The van der Waals surface area contributed by atoms with Crippen molar-refractivity contribution < 1.29 is 29.2 Å². The van der Waals surface area contributed by atoms with E-state index in [1.54, 1.807) is 6.92 Å². The largest absolute Gasteiger partial charge is 0.395 e. The first-order valence-electron chi connectivity index (χ1n) is 14.0. The Bertz CT molecular complexity index is 523. The van der Waals surface area contributed by atoms with E-state index in [-0.39, 0.29) is 23.7 Å². The van der Waals surface area contributed by atoms with Gasteiger partial charge in [0, 0.05) is 45.1 Å². The highest BCUT2D eigenvalue weighted by Crippen LogP contribution is 2.17. The number of hydrogen-bond donors (Lipinski definition) is 2. The Hall–Kier alpha value is -0.570. The summed E-state index contributed by atoms with van der Waals surface area (Å²) >= 11 is 0. The van der Waals surface area contributed by atoms with E-state index >= 15 is 0 Å². The first kappa shape index (κ1) is 37.6. The van der Waals surface area contributed by atoms with Crippen LogP contribution in [0, 0.1) is 5.92 Å². The summed E-state index contributed by atoms with van der Waals surface area (Å²) in [6, 6.07) is 0. The fourth-order valence-corrected chi connectivity index (χ4v) is 3.13. The molecule has 36 heavy (non-hydrogen) atoms. The van der Waals surface area contributed by atoms with Gasteiger partial charge in [-0.15, -0.1) is 0 Å². The van der Waals surface area contributed by atoms with Gasteiger partial charge in [-0.25, -0.2) is 0 Å². The molecule has 0 aliphatic rings. The molecule has 7 nitrogen and oxygen atoms in total. The summed E-state index contributed by atoms with van der Waals surface area (Å²) in [6.07, 6.45) is 7.47. The molecule has 1 unspecified atom stereocenters. The van der Waals surface area contributed by atoms with Gasteiger partial charge in [-0.2, -0.15) is 0 Å². The maximum atomic E-state index is 11.3. The molecule has 0 spiro atoms. The topological polar surface area (TPSA) is 88.5 Å². The van der Waals surface area contributed by atoms with Gasteiger partial charge in [-0.3, -0.25) is 4.79 Å². The Morgan fingerprint density at radius 1 is 0.750 bits per heavy atom. The molecule has 0 aliphatic heterocycles. The Morgan fingerprint density at radius 3 is 1.69 bits per heavy atom. The van der Waals surface area contributed by atoms with Crippen LogP contribution < -0.4 is 0 Å². The highest BCUT2D eigenvalue weighted by molar-refractivity contribution is 5.80. The van der Waals surface area contributed by atoms with Crippen molar-refractivity contribution in [1.29, 1.82) is 0 Å². The van der Waals surface area contributed by atoms with Crippen LogP contribution in [0.5, 0.6) is 0 Å². The zero-order valence-corrected chi connectivity index (χ0v) is 25.5. The van der Waals surface area contributed by atoms with Gasteiger partial charge in [0.1, 0.15) is 5.78 Å². The highest BCUT2D eigenvalue weighted by atomic mass is 16.6. The summed E-state index contributed by atoms with van der Waals surface area (Å²) < 4.78 is 16.8. The molecule has 7 heteroatoms. The number of carbonyl (C=O) groups excluding carboxylic acids is 1. The van der Waals surface area contributed by atoms with Gasteiger partial charge in [-0.05, 0) is 81.2 Å². The van der Waals surface area contributed by atoms with Crippen molar-refractivity contribution >= 4 is 5.78 Å². The predicted octanol–water partition coefficient (Wildman–Crippen LogP) is 5.60. The van der Waals surface area contributed by atoms with Gasteiger partial charge in [0.2, 0.25) is 0 Å². The van der Waals surface area contributed by atoms with Crippen molar-refractivity contribution in [2.45, 2.75) is 131 Å². The lowest BCUT2D eigenvalue weighted by atomic mass is 10.0. The molecule has 0 aliphatic carbocycles. The Kier molecular flexibility index (Phi) is 21.3. The SMILES string of the molecule is CC(C)C(=O)CCCCCOC(C)(C)C.CN(CCO)CCOC(C)(O)CCCCCOC(C)(C)C. The molecule has 0 saturated carbocycles. The summed E-state index contributed by atoms with van der Waals surface area (Å²) in [5, 5.41) is 18.9. The lowest BCUT2D eigenvalue weighted by Gasteiger charge is -2.25. The normalized spacial score (nSPS) is 14.1. The number of unbranched alkanes of at least 4 members (excludes halogenated alkanes) is 4. The average Bonchev–Trinajstić information content (AvgIpc) is 2.71. The molecule has 0 aromatic heterocycles. The van der Waals surface area contributed by atoms with Crippen LogP contribution in [0.25, 0.3) is 0 Å². The monoisotopic (exact) mass is 519 g/mol. The van der Waals surface area contributed by atoms with E-state index in [0.29, 0.717) is 31.9 Å². The van der Waals surface area contributed by atoms with Crippen molar-refractivity contribution in [3.63, 3.8) is 0 Å². The Labute approximate surface area is 223 Å². The van der Waals surface area contributed by atoms with Crippen LogP contribution >= 0.6 is 0 Å². The van der Waals surface area contributed by atoms with E-state index in [1.807, 2.05) is 25.8 Å². The molecule has 1 atom stereocenters. The van der Waals surface area contributed by atoms with E-state index in [9.17, 15) is 9.90 Å². The first-order valence-corrected chi connectivity index (χ1v) is 14.0. The van der Waals surface area contributed by atoms with Crippen LogP contribution in [0.15, 0.2) is 0 Å². The smallest absolute Gasteiger partial charge is 0.162 e. The molecule has 0 rings (SSSR count). The van der Waals surface area contributed by atoms with Crippen LogP contribution in [-0.2, 0) is 19.0 Å². The highest BCUT2D eigenvalue weighted by Gasteiger charge is 2.20. The molecule has 0 bridgehead atoms. The van der Waals surface area contributed by atoms with Gasteiger partial charge in [0.05, 0.1) is 24.4 Å². The maximum Gasteiger partial charge on any atom is 0.162 e. The Balaban J connectivity index is 0. The molecule has 0 radical (unpaired) electrons. The quantitative estimate of drug-likeness (QED) is 0.170. The second kappa shape index (κ2) is 20.4. The van der Waals surface area contributed by atoms with Crippen LogP contribution in [0.1, 0.15) is 114 Å². The predicted molar refractivity (Wildman–Crippen MR) is 149 cm³/mol. The molecule has 0 heterocycles. The number of ether oxygens (including phenoxy) is 3. The first-order chi connectivity index (χ1) is 16.5. The van der Waals surface area contributed by atoms with E-state index < -0.39 is 5.79 Å². The molecule has 218 valence electrons. The minimum absolute atomic E-state index is 0.0340. The number of Topliss-reactive ketones (excluding diaryl/α,β-unsaturated/α-hetero) is 1. The second-order valence-corrected chi connectivity index (χ2v) is 12.2. The van der Waals surface area contributed by atoms with Crippen molar-refractivity contribution in [2.75, 3.05) is 46.6 Å². The molecular formula is C29H61NO6. The maximum absolute atomic E-state index is 11.3. The lowest BCUT2D eigenvalue weighted by molar-refractivity contribution is -0.196. The molecular weight excluding hydrogens is 458 g/mol. The van der Waals surface area contributed by atoms with Gasteiger partial charge in [0.25, 0.3) is 0 Å². The average molecular weight is 520 g/mol. The molecule has 2 N–H and O–H groups in total. The zero-order chi connectivity index (χ0) is 28.3. The number of hydrogen-bond acceptors (Lipinski definition) is 7. The number of nitrogens with zero attached hydrogens (tertiary/aromatic N) is 1. The molecule has 0 aromatic carbocycles. The minimum atomic E-state index is -1.06. The summed E-state index contributed by atoms with van der Waals surface area (Å²) in [6.45, 7) is 21.5. The van der Waals surface area contributed by atoms with Crippen LogP contribution in [0.4, 0.5) is 0 Å². The summed E-state index contributed by atoms with van der Waals surface area (Å²) in [4.78, 5) is 13.3. The third-order valence-corrected chi connectivity index (χ3v) is 5.43. The van der Waals surface area contributed by atoms with E-state index in [0.717, 1.165) is 58.2 Å². The van der Waals surface area contributed by atoms with Crippen LogP contribution in [0.3, 0.4) is 0 Å². The molecule has 0 aromatic rings. The number of likely N-dealkylation sites (N-methyl/N-ethyl adjacent to an activating group) is 1. The molecule has 0 saturated heterocycles. The van der Waals surface area contributed by atoms with Gasteiger partial charge in [0.15, 0.2) is 5.79 Å². The van der Waals surface area contributed by atoms with Gasteiger partial charge >= 0.3 is 0 Å².